The quantitative estimate of drug-likeness (QED) is 0.0130. The predicted octanol–water partition coefficient (Wildman–Crippen LogP) is 11.0. The van der Waals surface area contributed by atoms with Crippen LogP contribution in [0.1, 0.15) is 187 Å². The van der Waals surface area contributed by atoms with Crippen LogP contribution in [-0.2, 0) is 28.2 Å². The third-order valence-corrected chi connectivity index (χ3v) is 10.4. The zero-order valence-electron chi connectivity index (χ0n) is 36.7. The van der Waals surface area contributed by atoms with Crippen molar-refractivity contribution >= 4 is 19.8 Å². The molecule has 0 unspecified atom stereocenters. The van der Waals surface area contributed by atoms with Crippen molar-refractivity contribution in [1.82, 2.24) is 0 Å². The highest BCUT2D eigenvalue weighted by atomic mass is 31.2. The minimum Gasteiger partial charge on any atom is -0.462 e. The van der Waals surface area contributed by atoms with Crippen LogP contribution < -0.4 is 0 Å². The molecule has 12 heteroatoms. The van der Waals surface area contributed by atoms with Gasteiger partial charge in [0.15, 0.2) is 6.10 Å². The molecule has 0 aliphatic carbocycles. The third-order valence-electron chi connectivity index (χ3n) is 9.88. The van der Waals surface area contributed by atoms with Crippen molar-refractivity contribution in [3.63, 3.8) is 0 Å². The SMILES string of the molecule is CCCCCCCC/C=C\CCCCCCCCCCCCCC(=O)O[C@H](COC(=O)CCC[C@@H](O)[C@H](O)/C=C/C=C/C=C\C=C\[C@H](O)CCCCC)COP(=O)(O)O. The van der Waals surface area contributed by atoms with Gasteiger partial charge in [0.25, 0.3) is 0 Å². The maximum Gasteiger partial charge on any atom is 0.469 e. The molecule has 0 bridgehead atoms. The lowest BCUT2D eigenvalue weighted by Gasteiger charge is -2.18. The minimum absolute atomic E-state index is 0.0870. The van der Waals surface area contributed by atoms with Crippen LogP contribution in [0.15, 0.2) is 60.8 Å². The molecule has 0 amide bonds. The summed E-state index contributed by atoms with van der Waals surface area (Å²) in [6, 6.07) is 0. The molecule has 0 saturated heterocycles. The average molecular weight is 855 g/mol. The number of hydrogen-bond acceptors (Lipinski definition) is 9. The Morgan fingerprint density at radius 3 is 1.58 bits per heavy atom. The summed E-state index contributed by atoms with van der Waals surface area (Å²) in [5.74, 6) is -1.21. The third kappa shape index (κ3) is 42.1. The van der Waals surface area contributed by atoms with E-state index in [1.54, 1.807) is 42.5 Å². The van der Waals surface area contributed by atoms with Crippen molar-refractivity contribution in [2.75, 3.05) is 13.2 Å². The molecule has 342 valence electrons. The van der Waals surface area contributed by atoms with E-state index in [1.807, 2.05) is 0 Å². The Balaban J connectivity index is 4.16. The van der Waals surface area contributed by atoms with E-state index in [0.29, 0.717) is 6.42 Å². The molecule has 59 heavy (non-hydrogen) atoms. The molecule has 0 aromatic rings. The summed E-state index contributed by atoms with van der Waals surface area (Å²) in [6.45, 7) is 3.30. The zero-order chi connectivity index (χ0) is 43.7. The number of allylic oxidation sites excluding steroid dienone is 8. The van der Waals surface area contributed by atoms with Gasteiger partial charge >= 0.3 is 19.8 Å². The molecule has 4 atom stereocenters. The van der Waals surface area contributed by atoms with Crippen molar-refractivity contribution in [3.05, 3.63) is 60.8 Å². The normalized spacial score (nSPS) is 14.6. The summed E-state index contributed by atoms with van der Waals surface area (Å²) in [5, 5.41) is 30.3. The maximum atomic E-state index is 12.5. The number of rotatable bonds is 41. The van der Waals surface area contributed by atoms with Crippen LogP contribution in [0.25, 0.3) is 0 Å². The van der Waals surface area contributed by atoms with Crippen LogP contribution in [0.3, 0.4) is 0 Å². The van der Waals surface area contributed by atoms with Gasteiger partial charge in [-0.05, 0) is 51.4 Å². The number of unbranched alkanes of at least 4 members (excludes halogenated alkanes) is 19. The first-order valence-electron chi connectivity index (χ1n) is 22.9. The van der Waals surface area contributed by atoms with E-state index in [9.17, 15) is 29.5 Å². The van der Waals surface area contributed by atoms with E-state index >= 15 is 0 Å². The van der Waals surface area contributed by atoms with E-state index < -0.39 is 57.4 Å². The number of phosphoric acid groups is 1. The minimum atomic E-state index is -4.84. The van der Waals surface area contributed by atoms with Gasteiger partial charge in [-0.3, -0.25) is 14.1 Å². The number of aliphatic hydroxyl groups is 3. The molecule has 0 rings (SSSR count). The van der Waals surface area contributed by atoms with Gasteiger partial charge in [-0.25, -0.2) is 4.57 Å². The van der Waals surface area contributed by atoms with Gasteiger partial charge in [0, 0.05) is 12.8 Å². The fourth-order valence-electron chi connectivity index (χ4n) is 6.28. The number of esters is 2. The highest BCUT2D eigenvalue weighted by Gasteiger charge is 2.23. The van der Waals surface area contributed by atoms with Crippen LogP contribution in [-0.4, -0.2) is 74.7 Å². The number of phosphoric ester groups is 1. The number of hydrogen-bond donors (Lipinski definition) is 5. The van der Waals surface area contributed by atoms with Gasteiger partial charge in [0.1, 0.15) is 6.61 Å². The van der Waals surface area contributed by atoms with E-state index in [0.717, 1.165) is 44.9 Å². The van der Waals surface area contributed by atoms with Crippen LogP contribution in [0.2, 0.25) is 0 Å². The van der Waals surface area contributed by atoms with Gasteiger partial charge in [-0.2, -0.15) is 0 Å². The van der Waals surface area contributed by atoms with Gasteiger partial charge in [-0.15, -0.1) is 0 Å². The summed E-state index contributed by atoms with van der Waals surface area (Å²) in [5.41, 5.74) is 0. The van der Waals surface area contributed by atoms with Crippen molar-refractivity contribution in [2.24, 2.45) is 0 Å². The number of ether oxygens (including phenoxy) is 2. The summed E-state index contributed by atoms with van der Waals surface area (Å²) in [7, 11) is -4.84. The van der Waals surface area contributed by atoms with E-state index in [4.69, 9.17) is 19.3 Å². The Morgan fingerprint density at radius 1 is 0.542 bits per heavy atom. The van der Waals surface area contributed by atoms with Gasteiger partial charge < -0.3 is 34.6 Å². The molecule has 0 radical (unpaired) electrons. The molecule has 0 aliphatic heterocycles. The zero-order valence-corrected chi connectivity index (χ0v) is 37.6. The fraction of sp³-hybridized carbons (Fsp3) is 0.745. The molecule has 0 heterocycles. The number of aliphatic hydroxyl groups excluding tert-OH is 3. The van der Waals surface area contributed by atoms with Crippen LogP contribution in [0, 0.1) is 0 Å². The Kier molecular flexibility index (Phi) is 39.4. The molecule has 0 fully saturated rings. The lowest BCUT2D eigenvalue weighted by molar-refractivity contribution is -0.161. The van der Waals surface area contributed by atoms with E-state index in [2.05, 4.69) is 30.5 Å². The first-order valence-corrected chi connectivity index (χ1v) is 24.4. The highest BCUT2D eigenvalue weighted by molar-refractivity contribution is 7.46. The molecule has 5 N–H and O–H groups in total. The second-order valence-corrected chi connectivity index (χ2v) is 16.8. The maximum absolute atomic E-state index is 12.5. The number of carbonyl (C=O) groups excluding carboxylic acids is 2. The Bertz CT molecular complexity index is 1190. The molecule has 0 aliphatic rings. The summed E-state index contributed by atoms with van der Waals surface area (Å²) >= 11 is 0. The smallest absolute Gasteiger partial charge is 0.462 e. The average Bonchev–Trinajstić information content (AvgIpc) is 3.20. The molecule has 0 saturated carbocycles. The lowest BCUT2D eigenvalue weighted by Crippen LogP contribution is -2.29. The van der Waals surface area contributed by atoms with E-state index in [-0.39, 0.29) is 25.7 Å². The summed E-state index contributed by atoms with van der Waals surface area (Å²) in [4.78, 5) is 43.0. The summed E-state index contributed by atoms with van der Waals surface area (Å²) < 4.78 is 26.2. The first-order chi connectivity index (χ1) is 28.5. The second-order valence-electron chi connectivity index (χ2n) is 15.6. The Hall–Kier alpha value is -2.37. The largest absolute Gasteiger partial charge is 0.469 e. The number of carbonyl (C=O) groups is 2. The van der Waals surface area contributed by atoms with Crippen molar-refractivity contribution < 1.29 is 53.3 Å². The van der Waals surface area contributed by atoms with Crippen LogP contribution in [0.4, 0.5) is 0 Å². The molecule has 0 spiro atoms. The van der Waals surface area contributed by atoms with Crippen LogP contribution >= 0.6 is 7.82 Å². The Morgan fingerprint density at radius 2 is 1.02 bits per heavy atom. The van der Waals surface area contributed by atoms with Crippen LogP contribution in [0.5, 0.6) is 0 Å². The second kappa shape index (κ2) is 41.0. The molecule has 0 aromatic carbocycles. The van der Waals surface area contributed by atoms with Crippen molar-refractivity contribution in [3.8, 4) is 0 Å². The standard InChI is InChI=1S/C47H83O11P/c1-3-5-7-8-9-10-11-12-13-14-15-16-17-18-19-20-21-22-23-28-32-38-47(52)58-43(41-57-59(53,54)55)40-56-46(51)39-33-37-45(50)44(49)36-31-27-25-24-26-30-35-42(48)34-29-6-4-2/h12-13,24-27,30-31,35-36,42-45,48-50H,3-11,14-23,28-29,32-34,37-41H2,1-2H3,(H2,53,54,55)/b13-12-,26-24-,27-25+,35-30+,36-31+/t42-,43-,44-,45-/m1/s1. The highest BCUT2D eigenvalue weighted by Crippen LogP contribution is 2.36. The summed E-state index contributed by atoms with van der Waals surface area (Å²) in [6.07, 6.45) is 41.7. The van der Waals surface area contributed by atoms with Gasteiger partial charge in [0.2, 0.25) is 0 Å². The van der Waals surface area contributed by atoms with Gasteiger partial charge in [-0.1, -0.05) is 184 Å². The fourth-order valence-corrected chi connectivity index (χ4v) is 6.64. The molecule has 11 nitrogen and oxygen atoms in total. The molecule has 0 aromatic heterocycles. The van der Waals surface area contributed by atoms with Crippen molar-refractivity contribution in [1.29, 1.82) is 0 Å². The molecular formula is C47H83O11P. The predicted molar refractivity (Wildman–Crippen MR) is 239 cm³/mol. The molecular weight excluding hydrogens is 771 g/mol. The van der Waals surface area contributed by atoms with E-state index in [1.165, 1.54) is 102 Å². The van der Waals surface area contributed by atoms with Crippen molar-refractivity contribution in [2.45, 2.75) is 212 Å². The first kappa shape index (κ1) is 56.6. The van der Waals surface area contributed by atoms with Gasteiger partial charge in [0.05, 0.1) is 24.9 Å². The monoisotopic (exact) mass is 855 g/mol. The Labute approximate surface area is 357 Å². The lowest BCUT2D eigenvalue weighted by atomic mass is 10.0. The topological polar surface area (TPSA) is 180 Å².